The first kappa shape index (κ1) is 33.5. The van der Waals surface area contributed by atoms with Crippen LogP contribution >= 0.6 is 0 Å². The maximum atomic E-state index is 2.52. The van der Waals surface area contributed by atoms with Crippen molar-refractivity contribution >= 4 is 65.4 Å². The summed E-state index contributed by atoms with van der Waals surface area (Å²) in [5.41, 5.74) is 17.9. The number of aromatic nitrogens is 3. The minimum atomic E-state index is 1.13. The molecule has 0 aliphatic heterocycles. The summed E-state index contributed by atoms with van der Waals surface area (Å²) in [4.78, 5) is 0. The van der Waals surface area contributed by atoms with Crippen LogP contribution in [0.3, 0.4) is 0 Å². The smallest absolute Gasteiger partial charge is 0.0641 e. The second-order valence-corrected chi connectivity index (χ2v) is 16.0. The Balaban J connectivity index is 1.18. The van der Waals surface area contributed by atoms with Crippen LogP contribution in [0, 0.1) is 13.8 Å². The van der Waals surface area contributed by atoms with Crippen LogP contribution < -0.4 is 0 Å². The van der Waals surface area contributed by atoms with Crippen molar-refractivity contribution in [3.05, 3.63) is 211 Å². The van der Waals surface area contributed by atoms with Gasteiger partial charge >= 0.3 is 0 Å². The Morgan fingerprint density at radius 1 is 0.271 bits per heavy atom. The van der Waals surface area contributed by atoms with E-state index in [1.165, 1.54) is 98.8 Å². The summed E-state index contributed by atoms with van der Waals surface area (Å²) in [6, 6.07) is 73.8. The molecule has 12 aromatic rings. The molecule has 0 fully saturated rings. The Labute approximate surface area is 342 Å². The molecule has 0 atom stereocenters. The molecule has 0 aliphatic carbocycles. The SMILES string of the molecule is Cc1cccc(-c2cc(-c3ccccc3)cc(-n3c4ccccc4c4ccc5c(c6ccccc6n5-c5ccc6c7ccc(C)cc7n(-c7ccccc7)c6c5)c43)c2)c1. The molecule has 0 unspecified atom stereocenters. The molecule has 9 aromatic carbocycles. The van der Waals surface area contributed by atoms with Gasteiger partial charge in [-0.25, -0.2) is 0 Å². The van der Waals surface area contributed by atoms with Gasteiger partial charge in [-0.2, -0.15) is 0 Å². The molecular weight excluding hydrogens is 715 g/mol. The monoisotopic (exact) mass is 753 g/mol. The van der Waals surface area contributed by atoms with Crippen molar-refractivity contribution in [1.29, 1.82) is 0 Å². The predicted molar refractivity (Wildman–Crippen MR) is 250 cm³/mol. The van der Waals surface area contributed by atoms with Crippen molar-refractivity contribution in [2.24, 2.45) is 0 Å². The van der Waals surface area contributed by atoms with Crippen molar-refractivity contribution in [3.8, 4) is 39.3 Å². The van der Waals surface area contributed by atoms with E-state index in [0.29, 0.717) is 0 Å². The second-order valence-electron chi connectivity index (χ2n) is 16.0. The lowest BCUT2D eigenvalue weighted by molar-refractivity contribution is 1.15. The summed E-state index contributed by atoms with van der Waals surface area (Å²) in [5, 5.41) is 7.47. The quantitative estimate of drug-likeness (QED) is 0.166. The maximum absolute atomic E-state index is 2.52. The molecule has 0 radical (unpaired) electrons. The first-order chi connectivity index (χ1) is 29.1. The number of para-hydroxylation sites is 3. The van der Waals surface area contributed by atoms with Crippen molar-refractivity contribution in [1.82, 2.24) is 13.7 Å². The van der Waals surface area contributed by atoms with Crippen LogP contribution in [-0.2, 0) is 0 Å². The molecule has 0 N–H and O–H groups in total. The van der Waals surface area contributed by atoms with E-state index in [2.05, 4.69) is 228 Å². The molecule has 0 saturated carbocycles. The highest BCUT2D eigenvalue weighted by Crippen LogP contribution is 2.44. The highest BCUT2D eigenvalue weighted by molar-refractivity contribution is 6.26. The summed E-state index contributed by atoms with van der Waals surface area (Å²) >= 11 is 0. The van der Waals surface area contributed by atoms with E-state index in [1.54, 1.807) is 0 Å². The minimum absolute atomic E-state index is 1.13. The fraction of sp³-hybridized carbons (Fsp3) is 0.0357. The number of hydrogen-bond donors (Lipinski definition) is 0. The molecule has 3 heteroatoms. The third-order valence-corrected chi connectivity index (χ3v) is 12.3. The molecule has 0 bridgehead atoms. The topological polar surface area (TPSA) is 14.8 Å². The van der Waals surface area contributed by atoms with Crippen LogP contribution in [-0.4, -0.2) is 13.7 Å². The fourth-order valence-corrected chi connectivity index (χ4v) is 9.70. The Kier molecular flexibility index (Phi) is 7.36. The van der Waals surface area contributed by atoms with Gasteiger partial charge in [0.1, 0.15) is 0 Å². The standard InChI is InChI=1S/C56H39N3/c1-36-14-13-17-39(30-36)41-32-40(38-15-5-3-6-16-38)33-44(34-41)59-50-22-11-9-20-45(50)48-28-29-52-55(56(48)59)49-21-10-12-23-51(49)58(52)43-25-27-47-46-26-24-37(2)31-53(46)57(54(47)35-43)42-18-7-4-8-19-42/h3-35H,1-2H3. The van der Waals surface area contributed by atoms with Gasteiger partial charge in [0, 0.05) is 49.4 Å². The lowest BCUT2D eigenvalue weighted by atomic mass is 9.97. The largest absolute Gasteiger partial charge is 0.309 e. The number of aryl methyl sites for hydroxylation is 2. The third-order valence-electron chi connectivity index (χ3n) is 12.3. The van der Waals surface area contributed by atoms with Gasteiger partial charge in [-0.3, -0.25) is 0 Å². The third kappa shape index (κ3) is 5.15. The fourth-order valence-electron chi connectivity index (χ4n) is 9.70. The zero-order chi connectivity index (χ0) is 39.2. The molecule has 12 rings (SSSR count). The molecule has 0 aliphatic rings. The first-order valence-electron chi connectivity index (χ1n) is 20.4. The summed E-state index contributed by atoms with van der Waals surface area (Å²) in [7, 11) is 0. The number of nitrogens with zero attached hydrogens (tertiary/aromatic N) is 3. The Morgan fingerprint density at radius 2 is 0.847 bits per heavy atom. The minimum Gasteiger partial charge on any atom is -0.309 e. The lowest BCUT2D eigenvalue weighted by Gasteiger charge is -2.15. The summed E-state index contributed by atoms with van der Waals surface area (Å²) < 4.78 is 7.42. The molecule has 3 heterocycles. The molecule has 3 aromatic heterocycles. The van der Waals surface area contributed by atoms with E-state index in [4.69, 9.17) is 0 Å². The number of benzene rings is 9. The van der Waals surface area contributed by atoms with Gasteiger partial charge in [-0.15, -0.1) is 0 Å². The van der Waals surface area contributed by atoms with E-state index in [1.807, 2.05) is 0 Å². The van der Waals surface area contributed by atoms with Crippen LogP contribution in [0.2, 0.25) is 0 Å². The highest BCUT2D eigenvalue weighted by atomic mass is 15.0. The van der Waals surface area contributed by atoms with E-state index in [-0.39, 0.29) is 0 Å². The Morgan fingerprint density at radius 3 is 1.63 bits per heavy atom. The van der Waals surface area contributed by atoms with Crippen LogP contribution in [0.15, 0.2) is 200 Å². The van der Waals surface area contributed by atoms with Gasteiger partial charge in [0.2, 0.25) is 0 Å². The van der Waals surface area contributed by atoms with Gasteiger partial charge < -0.3 is 13.7 Å². The van der Waals surface area contributed by atoms with Crippen molar-refractivity contribution in [2.45, 2.75) is 13.8 Å². The van der Waals surface area contributed by atoms with Gasteiger partial charge in [0.15, 0.2) is 0 Å². The number of rotatable bonds is 5. The van der Waals surface area contributed by atoms with E-state index in [9.17, 15) is 0 Å². The highest BCUT2D eigenvalue weighted by Gasteiger charge is 2.22. The predicted octanol–water partition coefficient (Wildman–Crippen LogP) is 14.9. The number of fused-ring (bicyclic) bond motifs is 10. The summed E-state index contributed by atoms with van der Waals surface area (Å²) in [6.07, 6.45) is 0. The average molecular weight is 754 g/mol. The summed E-state index contributed by atoms with van der Waals surface area (Å²) in [6.45, 7) is 4.35. The van der Waals surface area contributed by atoms with E-state index < -0.39 is 0 Å². The van der Waals surface area contributed by atoms with Gasteiger partial charge in [0.05, 0.1) is 33.1 Å². The lowest BCUT2D eigenvalue weighted by Crippen LogP contribution is -1.98. The van der Waals surface area contributed by atoms with Crippen LogP contribution in [0.25, 0.3) is 105 Å². The Hall–Kier alpha value is -7.62. The molecular formula is C56H39N3. The van der Waals surface area contributed by atoms with Crippen molar-refractivity contribution < 1.29 is 0 Å². The summed E-state index contributed by atoms with van der Waals surface area (Å²) in [5.74, 6) is 0. The molecule has 0 saturated heterocycles. The molecule has 0 spiro atoms. The molecule has 0 amide bonds. The molecule has 59 heavy (non-hydrogen) atoms. The van der Waals surface area contributed by atoms with E-state index in [0.717, 1.165) is 17.1 Å². The van der Waals surface area contributed by atoms with E-state index >= 15 is 0 Å². The molecule has 278 valence electrons. The number of hydrogen-bond acceptors (Lipinski definition) is 0. The maximum Gasteiger partial charge on any atom is 0.0641 e. The van der Waals surface area contributed by atoms with Crippen LogP contribution in [0.1, 0.15) is 11.1 Å². The van der Waals surface area contributed by atoms with Gasteiger partial charge in [0.25, 0.3) is 0 Å². The van der Waals surface area contributed by atoms with Crippen molar-refractivity contribution in [3.63, 3.8) is 0 Å². The normalized spacial score (nSPS) is 11.9. The molecule has 3 nitrogen and oxygen atoms in total. The average Bonchev–Trinajstić information content (AvgIpc) is 3.92. The zero-order valence-electron chi connectivity index (χ0n) is 32.9. The van der Waals surface area contributed by atoms with Crippen LogP contribution in [0.5, 0.6) is 0 Å². The van der Waals surface area contributed by atoms with Crippen LogP contribution in [0.4, 0.5) is 0 Å². The zero-order valence-corrected chi connectivity index (χ0v) is 32.9. The van der Waals surface area contributed by atoms with Gasteiger partial charge in [-0.05, 0) is 108 Å². The van der Waals surface area contributed by atoms with Gasteiger partial charge in [-0.1, -0.05) is 139 Å². The van der Waals surface area contributed by atoms with Crippen molar-refractivity contribution in [2.75, 3.05) is 0 Å². The Bertz CT molecular complexity index is 3620. The second kappa shape index (κ2) is 13.0. The first-order valence-corrected chi connectivity index (χ1v) is 20.4.